The number of thioether (sulfide) groups is 1. The Kier molecular flexibility index (Phi) is 5.06. The number of benzene rings is 2. The summed E-state index contributed by atoms with van der Waals surface area (Å²) in [4.78, 5) is 27.9. The number of ether oxygens (including phenoxy) is 2. The average molecular weight is 385 g/mol. The van der Waals surface area contributed by atoms with Gasteiger partial charge < -0.3 is 19.8 Å². The minimum absolute atomic E-state index is 0.0808. The van der Waals surface area contributed by atoms with Crippen molar-refractivity contribution < 1.29 is 14.3 Å². The number of nitrogens with one attached hydrogen (secondary N) is 2. The van der Waals surface area contributed by atoms with E-state index in [9.17, 15) is 9.59 Å². The Morgan fingerprint density at radius 2 is 1.96 bits per heavy atom. The van der Waals surface area contributed by atoms with Crippen LogP contribution < -0.4 is 20.5 Å². The summed E-state index contributed by atoms with van der Waals surface area (Å²) in [5.74, 6) is 1.66. The van der Waals surface area contributed by atoms with Crippen molar-refractivity contribution >= 4 is 28.7 Å². The summed E-state index contributed by atoms with van der Waals surface area (Å²) in [6.07, 6.45) is 0. The van der Waals surface area contributed by atoms with Gasteiger partial charge in [-0.2, -0.15) is 0 Å². The Morgan fingerprint density at radius 1 is 1.15 bits per heavy atom. The van der Waals surface area contributed by atoms with Crippen LogP contribution in [0.2, 0.25) is 0 Å². The first-order valence-corrected chi connectivity index (χ1v) is 9.66. The Labute approximate surface area is 159 Å². The Balaban J connectivity index is 1.29. The maximum Gasteiger partial charge on any atom is 0.326 e. The van der Waals surface area contributed by atoms with Crippen LogP contribution >= 0.6 is 11.8 Å². The van der Waals surface area contributed by atoms with Crippen LogP contribution in [0.3, 0.4) is 0 Å². The first-order chi connectivity index (χ1) is 13.2. The maximum atomic E-state index is 12.1. The predicted molar refractivity (Wildman–Crippen MR) is 104 cm³/mol. The molecule has 0 spiro atoms. The summed E-state index contributed by atoms with van der Waals surface area (Å²) in [5, 5.41) is 2.86. The second-order valence-corrected chi connectivity index (χ2v) is 7.09. The van der Waals surface area contributed by atoms with E-state index in [-0.39, 0.29) is 11.6 Å². The van der Waals surface area contributed by atoms with Crippen molar-refractivity contribution in [1.29, 1.82) is 0 Å². The van der Waals surface area contributed by atoms with E-state index in [0.717, 1.165) is 21.7 Å². The van der Waals surface area contributed by atoms with E-state index in [1.807, 2.05) is 42.5 Å². The highest BCUT2D eigenvalue weighted by atomic mass is 32.2. The van der Waals surface area contributed by atoms with Gasteiger partial charge in [0, 0.05) is 18.0 Å². The molecule has 0 fully saturated rings. The lowest BCUT2D eigenvalue weighted by molar-refractivity contribution is -0.118. The fourth-order valence-corrected chi connectivity index (χ4v) is 3.70. The van der Waals surface area contributed by atoms with Gasteiger partial charge in [0.1, 0.15) is 13.2 Å². The average Bonchev–Trinajstić information content (AvgIpc) is 3.01. The molecule has 27 heavy (non-hydrogen) atoms. The first kappa shape index (κ1) is 17.5. The molecule has 0 radical (unpaired) electrons. The highest BCUT2D eigenvalue weighted by molar-refractivity contribution is 8.00. The molecule has 0 atom stereocenters. The quantitative estimate of drug-likeness (QED) is 0.634. The standard InChI is InChI=1S/C19H19N3O4S/c23-18(12-27-13-5-6-16-17(11-13)26-10-9-25-16)20-7-8-22-15-4-2-1-3-14(15)21-19(22)24/h1-6,11H,7-10,12H2,(H,20,23)(H,21,24). The van der Waals surface area contributed by atoms with Crippen LogP contribution in [0.4, 0.5) is 0 Å². The molecule has 0 bridgehead atoms. The Bertz CT molecular complexity index is 1030. The molecule has 3 aromatic rings. The van der Waals surface area contributed by atoms with Crippen molar-refractivity contribution in [2.75, 3.05) is 25.5 Å². The topological polar surface area (TPSA) is 85.3 Å². The molecule has 0 aliphatic carbocycles. The third kappa shape index (κ3) is 3.95. The minimum Gasteiger partial charge on any atom is -0.486 e. The number of hydrogen-bond donors (Lipinski definition) is 2. The molecule has 0 saturated heterocycles. The molecule has 2 N–H and O–H groups in total. The van der Waals surface area contributed by atoms with E-state index in [2.05, 4.69) is 10.3 Å². The molecule has 1 aliphatic heterocycles. The van der Waals surface area contributed by atoms with Crippen molar-refractivity contribution in [1.82, 2.24) is 14.9 Å². The number of carbonyl (C=O) groups excluding carboxylic acids is 1. The number of nitrogens with zero attached hydrogens (tertiary/aromatic N) is 1. The summed E-state index contributed by atoms with van der Waals surface area (Å²) in [6.45, 7) is 1.90. The molecule has 0 unspecified atom stereocenters. The van der Waals surface area contributed by atoms with Gasteiger partial charge in [0.2, 0.25) is 5.91 Å². The number of rotatable bonds is 6. The highest BCUT2D eigenvalue weighted by Crippen LogP contribution is 2.34. The number of carbonyl (C=O) groups is 1. The van der Waals surface area contributed by atoms with Gasteiger partial charge in [0.25, 0.3) is 0 Å². The number of para-hydroxylation sites is 2. The number of aromatic nitrogens is 2. The van der Waals surface area contributed by atoms with Gasteiger partial charge in [0.15, 0.2) is 11.5 Å². The smallest absolute Gasteiger partial charge is 0.326 e. The molecule has 1 aromatic heterocycles. The summed E-state index contributed by atoms with van der Waals surface area (Å²) in [7, 11) is 0. The van der Waals surface area contributed by atoms with Crippen LogP contribution in [-0.2, 0) is 11.3 Å². The Hall–Kier alpha value is -2.87. The van der Waals surface area contributed by atoms with Crippen molar-refractivity contribution in [2.24, 2.45) is 0 Å². The maximum absolute atomic E-state index is 12.1. The fourth-order valence-electron chi connectivity index (χ4n) is 2.95. The van der Waals surface area contributed by atoms with E-state index in [1.165, 1.54) is 11.8 Å². The minimum atomic E-state index is -0.170. The van der Waals surface area contributed by atoms with Crippen LogP contribution in [0.25, 0.3) is 11.0 Å². The van der Waals surface area contributed by atoms with Crippen molar-refractivity contribution in [3.05, 3.63) is 52.9 Å². The van der Waals surface area contributed by atoms with E-state index in [0.29, 0.717) is 37.8 Å². The van der Waals surface area contributed by atoms with Crippen LogP contribution in [0, 0.1) is 0 Å². The fraction of sp³-hybridized carbons (Fsp3) is 0.263. The number of amides is 1. The number of hydrogen-bond acceptors (Lipinski definition) is 5. The van der Waals surface area contributed by atoms with Gasteiger partial charge >= 0.3 is 5.69 Å². The first-order valence-electron chi connectivity index (χ1n) is 8.67. The molecule has 1 amide bonds. The van der Waals surface area contributed by atoms with Crippen molar-refractivity contribution in [3.8, 4) is 11.5 Å². The number of fused-ring (bicyclic) bond motifs is 2. The molecule has 4 rings (SSSR count). The third-order valence-corrected chi connectivity index (χ3v) is 5.22. The largest absolute Gasteiger partial charge is 0.486 e. The predicted octanol–water partition coefficient (Wildman–Crippen LogP) is 2.01. The lowest BCUT2D eigenvalue weighted by Crippen LogP contribution is -2.31. The van der Waals surface area contributed by atoms with Crippen molar-refractivity contribution in [3.63, 3.8) is 0 Å². The van der Waals surface area contributed by atoms with Crippen LogP contribution in [0.1, 0.15) is 0 Å². The number of imidazole rings is 1. The molecule has 2 aromatic carbocycles. The van der Waals surface area contributed by atoms with Gasteiger partial charge in [-0.1, -0.05) is 12.1 Å². The SMILES string of the molecule is O=C(CSc1ccc2c(c1)OCCO2)NCCn1c(=O)[nH]c2ccccc21. The summed E-state index contributed by atoms with van der Waals surface area (Å²) < 4.78 is 12.7. The molecule has 0 saturated carbocycles. The normalized spacial score (nSPS) is 12.9. The highest BCUT2D eigenvalue weighted by Gasteiger charge is 2.12. The van der Waals surface area contributed by atoms with Gasteiger partial charge in [-0.3, -0.25) is 9.36 Å². The molecule has 1 aliphatic rings. The molecule has 7 nitrogen and oxygen atoms in total. The number of aromatic amines is 1. The van der Waals surface area contributed by atoms with Gasteiger partial charge in [-0.15, -0.1) is 11.8 Å². The van der Waals surface area contributed by atoms with E-state index in [4.69, 9.17) is 9.47 Å². The van der Waals surface area contributed by atoms with Gasteiger partial charge in [-0.05, 0) is 30.3 Å². The second kappa shape index (κ2) is 7.79. The summed E-state index contributed by atoms with van der Waals surface area (Å²) in [5.41, 5.74) is 1.46. The molecule has 2 heterocycles. The van der Waals surface area contributed by atoms with Gasteiger partial charge in [0.05, 0.1) is 16.8 Å². The summed E-state index contributed by atoms with van der Waals surface area (Å²) in [6, 6.07) is 13.2. The molecule has 140 valence electrons. The zero-order valence-corrected chi connectivity index (χ0v) is 15.4. The third-order valence-electron chi connectivity index (χ3n) is 4.22. The lowest BCUT2D eigenvalue weighted by atomic mass is 10.3. The molecular formula is C19H19N3O4S. The Morgan fingerprint density at radius 3 is 2.85 bits per heavy atom. The summed E-state index contributed by atoms with van der Waals surface area (Å²) >= 11 is 1.43. The monoisotopic (exact) mass is 385 g/mol. The van der Waals surface area contributed by atoms with Crippen molar-refractivity contribution in [2.45, 2.75) is 11.4 Å². The van der Waals surface area contributed by atoms with Crippen LogP contribution in [0.5, 0.6) is 11.5 Å². The van der Waals surface area contributed by atoms with Crippen LogP contribution in [0.15, 0.2) is 52.2 Å². The second-order valence-electron chi connectivity index (χ2n) is 6.04. The molecular weight excluding hydrogens is 366 g/mol. The van der Waals surface area contributed by atoms with Gasteiger partial charge in [-0.25, -0.2) is 4.79 Å². The zero-order chi connectivity index (χ0) is 18.6. The zero-order valence-electron chi connectivity index (χ0n) is 14.6. The molecule has 8 heteroatoms. The van der Waals surface area contributed by atoms with E-state index < -0.39 is 0 Å². The van der Waals surface area contributed by atoms with E-state index in [1.54, 1.807) is 4.57 Å². The van der Waals surface area contributed by atoms with Crippen LogP contribution in [-0.4, -0.2) is 41.0 Å². The lowest BCUT2D eigenvalue weighted by Gasteiger charge is -2.18. The number of H-pyrrole nitrogens is 1. The van der Waals surface area contributed by atoms with E-state index >= 15 is 0 Å².